The molecule has 8 heteroatoms. The van der Waals surface area contributed by atoms with Gasteiger partial charge >= 0.3 is 0 Å². The smallest absolute Gasteiger partial charge is 0.277 e. The van der Waals surface area contributed by atoms with Crippen molar-refractivity contribution in [1.82, 2.24) is 10.2 Å². The summed E-state index contributed by atoms with van der Waals surface area (Å²) in [6.07, 6.45) is 0. The first-order chi connectivity index (χ1) is 8.86. The Labute approximate surface area is 129 Å². The molecule has 0 aliphatic carbocycles. The van der Waals surface area contributed by atoms with Gasteiger partial charge in [0.15, 0.2) is 5.82 Å². The lowest BCUT2D eigenvalue weighted by molar-refractivity contribution is -0.115. The van der Waals surface area contributed by atoms with E-state index in [4.69, 9.17) is 46.4 Å². The Balaban J connectivity index is 2.16. The van der Waals surface area contributed by atoms with Gasteiger partial charge in [0.05, 0.1) is 5.69 Å². The van der Waals surface area contributed by atoms with Crippen molar-refractivity contribution in [2.45, 2.75) is 3.79 Å². The van der Waals surface area contributed by atoms with Crippen LogP contribution in [0.4, 0.5) is 5.82 Å². The third-order valence-corrected chi connectivity index (χ3v) is 3.00. The Kier molecular flexibility index (Phi) is 4.26. The number of anilines is 1. The largest absolute Gasteiger partial charge is 0.305 e. The maximum Gasteiger partial charge on any atom is 0.277 e. The van der Waals surface area contributed by atoms with Gasteiger partial charge in [-0.2, -0.15) is 5.10 Å². The van der Waals surface area contributed by atoms with Crippen molar-refractivity contribution in [1.29, 1.82) is 0 Å². The first-order valence-corrected chi connectivity index (χ1v) is 6.57. The molecular weight excluding hydrogens is 332 g/mol. The molecule has 0 saturated carbocycles. The van der Waals surface area contributed by atoms with E-state index in [0.29, 0.717) is 10.7 Å². The minimum Gasteiger partial charge on any atom is -0.305 e. The van der Waals surface area contributed by atoms with Gasteiger partial charge in [-0.15, -0.1) is 0 Å². The molecule has 0 radical (unpaired) electrons. The number of hydrogen-bond acceptors (Lipinski definition) is 2. The predicted molar refractivity (Wildman–Crippen MR) is 78.0 cm³/mol. The van der Waals surface area contributed by atoms with Crippen LogP contribution in [0, 0.1) is 0 Å². The normalized spacial score (nSPS) is 11.4. The number of nitrogens with one attached hydrogen (secondary N) is 2. The molecule has 4 nitrogen and oxygen atoms in total. The highest BCUT2D eigenvalue weighted by Gasteiger charge is 2.31. The number of aromatic amines is 1. The average Bonchev–Trinajstić information content (AvgIpc) is 2.77. The number of benzene rings is 1. The minimum absolute atomic E-state index is 0.265. The van der Waals surface area contributed by atoms with Gasteiger partial charge in [-0.3, -0.25) is 9.89 Å². The first kappa shape index (κ1) is 14.5. The van der Waals surface area contributed by atoms with E-state index in [-0.39, 0.29) is 5.82 Å². The number of amides is 1. The molecule has 1 aromatic carbocycles. The van der Waals surface area contributed by atoms with Crippen molar-refractivity contribution in [3.8, 4) is 11.3 Å². The highest BCUT2D eigenvalue weighted by Crippen LogP contribution is 2.28. The summed E-state index contributed by atoms with van der Waals surface area (Å²) in [6.45, 7) is 0. The number of H-pyrrole nitrogens is 1. The number of alkyl halides is 3. The van der Waals surface area contributed by atoms with Crippen molar-refractivity contribution in [2.75, 3.05) is 5.32 Å². The Morgan fingerprint density at radius 2 is 1.84 bits per heavy atom. The molecule has 0 spiro atoms. The van der Waals surface area contributed by atoms with E-state index in [1.165, 1.54) is 0 Å². The number of halogens is 4. The SMILES string of the molecule is O=C(Nc1cc(-c2ccc(Cl)cc2)[nH]n1)C(Cl)(Cl)Cl. The fourth-order valence-electron chi connectivity index (χ4n) is 1.35. The number of nitrogens with zero attached hydrogens (tertiary/aromatic N) is 1. The van der Waals surface area contributed by atoms with Gasteiger partial charge in [0.25, 0.3) is 9.70 Å². The second-order valence-corrected chi connectivity index (χ2v) is 6.34. The zero-order valence-corrected chi connectivity index (χ0v) is 12.3. The summed E-state index contributed by atoms with van der Waals surface area (Å²) in [6, 6.07) is 8.75. The van der Waals surface area contributed by atoms with Crippen LogP contribution in [0.15, 0.2) is 30.3 Å². The van der Waals surface area contributed by atoms with E-state index >= 15 is 0 Å². The summed E-state index contributed by atoms with van der Waals surface area (Å²) < 4.78 is -2.03. The van der Waals surface area contributed by atoms with Gasteiger partial charge in [0.2, 0.25) is 0 Å². The molecule has 0 aliphatic heterocycles. The lowest BCUT2D eigenvalue weighted by atomic mass is 10.1. The van der Waals surface area contributed by atoms with Crippen LogP contribution < -0.4 is 5.32 Å². The van der Waals surface area contributed by atoms with Crippen molar-refractivity contribution in [2.24, 2.45) is 0 Å². The monoisotopic (exact) mass is 337 g/mol. The van der Waals surface area contributed by atoms with Gasteiger partial charge in [-0.1, -0.05) is 58.5 Å². The van der Waals surface area contributed by atoms with Gasteiger partial charge in [-0.25, -0.2) is 0 Å². The quantitative estimate of drug-likeness (QED) is 0.812. The fourth-order valence-corrected chi connectivity index (χ4v) is 1.62. The zero-order chi connectivity index (χ0) is 14.0. The number of rotatable bonds is 2. The summed E-state index contributed by atoms with van der Waals surface area (Å²) in [5.74, 6) is -0.507. The van der Waals surface area contributed by atoms with E-state index < -0.39 is 9.70 Å². The first-order valence-electron chi connectivity index (χ1n) is 5.06. The summed E-state index contributed by atoms with van der Waals surface area (Å²) in [5, 5.41) is 9.68. The molecule has 2 rings (SSSR count). The molecule has 100 valence electrons. The number of carbonyl (C=O) groups excluding carboxylic acids is 1. The lowest BCUT2D eigenvalue weighted by Gasteiger charge is -2.08. The van der Waals surface area contributed by atoms with Crippen LogP contribution in [0.2, 0.25) is 5.02 Å². The zero-order valence-electron chi connectivity index (χ0n) is 9.25. The molecule has 19 heavy (non-hydrogen) atoms. The van der Waals surface area contributed by atoms with Crippen molar-refractivity contribution >= 4 is 58.1 Å². The number of aromatic nitrogens is 2. The molecule has 0 bridgehead atoms. The molecule has 0 atom stereocenters. The topological polar surface area (TPSA) is 57.8 Å². The molecule has 0 saturated heterocycles. The standard InChI is InChI=1S/C11H7Cl4N3O/c12-7-3-1-6(2-4-7)8-5-9(18-17-8)16-10(19)11(13,14)15/h1-5H,(H2,16,17,18,19). The van der Waals surface area contributed by atoms with Crippen LogP contribution in [0.3, 0.4) is 0 Å². The Hall–Kier alpha value is -0.940. The van der Waals surface area contributed by atoms with Crippen LogP contribution in [-0.2, 0) is 4.79 Å². The molecular formula is C11H7Cl4N3O. The lowest BCUT2D eigenvalue weighted by Crippen LogP contribution is -2.27. The van der Waals surface area contributed by atoms with Gasteiger partial charge in [-0.05, 0) is 17.7 Å². The Morgan fingerprint density at radius 1 is 1.21 bits per heavy atom. The summed E-state index contributed by atoms with van der Waals surface area (Å²) in [5.41, 5.74) is 1.57. The molecule has 1 heterocycles. The molecule has 2 aromatic rings. The molecule has 2 N–H and O–H groups in total. The third-order valence-electron chi connectivity index (χ3n) is 2.23. The van der Waals surface area contributed by atoms with Crippen molar-refractivity contribution in [3.05, 3.63) is 35.4 Å². The molecule has 1 aromatic heterocycles. The van der Waals surface area contributed by atoms with Crippen LogP contribution in [0.1, 0.15) is 0 Å². The molecule has 0 aliphatic rings. The van der Waals surface area contributed by atoms with Crippen molar-refractivity contribution in [3.63, 3.8) is 0 Å². The van der Waals surface area contributed by atoms with E-state index in [1.54, 1.807) is 18.2 Å². The van der Waals surface area contributed by atoms with E-state index in [9.17, 15) is 4.79 Å². The van der Waals surface area contributed by atoms with Crippen molar-refractivity contribution < 1.29 is 4.79 Å². The molecule has 1 amide bonds. The maximum atomic E-state index is 11.4. The third kappa shape index (κ3) is 3.76. The minimum atomic E-state index is -2.03. The van der Waals surface area contributed by atoms with Gasteiger partial charge < -0.3 is 5.32 Å². The van der Waals surface area contributed by atoms with Crippen LogP contribution in [0.25, 0.3) is 11.3 Å². The summed E-state index contributed by atoms with van der Waals surface area (Å²) in [7, 11) is 0. The van der Waals surface area contributed by atoms with E-state index in [2.05, 4.69) is 15.5 Å². The van der Waals surface area contributed by atoms with Crippen LogP contribution >= 0.6 is 46.4 Å². The fraction of sp³-hybridized carbons (Fsp3) is 0.0909. The van der Waals surface area contributed by atoms with Gasteiger partial charge in [0.1, 0.15) is 0 Å². The second-order valence-electron chi connectivity index (χ2n) is 3.63. The molecule has 0 fully saturated rings. The Bertz CT molecular complexity index is 589. The summed E-state index contributed by atoms with van der Waals surface area (Å²) >= 11 is 22.1. The highest BCUT2D eigenvalue weighted by atomic mass is 35.6. The summed E-state index contributed by atoms with van der Waals surface area (Å²) in [4.78, 5) is 11.4. The Morgan fingerprint density at radius 3 is 2.42 bits per heavy atom. The predicted octanol–water partition coefficient (Wildman–Crippen LogP) is 4.04. The van der Waals surface area contributed by atoms with Crippen LogP contribution in [-0.4, -0.2) is 19.9 Å². The highest BCUT2D eigenvalue weighted by molar-refractivity contribution is 6.76. The maximum absolute atomic E-state index is 11.4. The second kappa shape index (κ2) is 5.59. The van der Waals surface area contributed by atoms with E-state index in [1.807, 2.05) is 12.1 Å². The number of carbonyl (C=O) groups is 1. The number of hydrogen-bond donors (Lipinski definition) is 2. The van der Waals surface area contributed by atoms with Gasteiger partial charge in [0, 0.05) is 11.1 Å². The van der Waals surface area contributed by atoms with E-state index in [0.717, 1.165) is 5.56 Å². The average molecular weight is 339 g/mol. The van der Waals surface area contributed by atoms with Crippen LogP contribution in [0.5, 0.6) is 0 Å². The molecule has 0 unspecified atom stereocenters.